The lowest BCUT2D eigenvalue weighted by molar-refractivity contribution is -0.297. The summed E-state index contributed by atoms with van der Waals surface area (Å²) < 4.78 is 22.1. The lowest BCUT2D eigenvalue weighted by atomic mass is 10.0. The van der Waals surface area contributed by atoms with Gasteiger partial charge in [0.15, 0.2) is 12.4 Å². The predicted octanol–water partition coefficient (Wildman–Crippen LogP) is 5.74. The quantitative estimate of drug-likeness (QED) is 0.0902. The van der Waals surface area contributed by atoms with Crippen LogP contribution in [-0.2, 0) is 28.5 Å². The second-order valence-corrected chi connectivity index (χ2v) is 11.6. The SMILES string of the molecule is CCCCCCCCCCCC(=O)OC[C@H](CO[C@H]1O[C@H](C)[C@@H](O)[C@H](O)[C@H]1O)OC(=O)CCCCCCCCCC. The van der Waals surface area contributed by atoms with Crippen LogP contribution in [0, 0.1) is 0 Å². The third-order valence-corrected chi connectivity index (χ3v) is 7.70. The Hall–Kier alpha value is -1.26. The first-order valence-corrected chi connectivity index (χ1v) is 16.5. The average Bonchev–Trinajstić information content (AvgIpc) is 2.96. The maximum Gasteiger partial charge on any atom is 0.306 e. The van der Waals surface area contributed by atoms with Gasteiger partial charge in [0, 0.05) is 12.8 Å². The van der Waals surface area contributed by atoms with Gasteiger partial charge in [0.1, 0.15) is 24.9 Å². The fourth-order valence-electron chi connectivity index (χ4n) is 4.96. The van der Waals surface area contributed by atoms with Crippen molar-refractivity contribution < 1.29 is 43.9 Å². The zero-order valence-corrected chi connectivity index (χ0v) is 26.1. The lowest BCUT2D eigenvalue weighted by Gasteiger charge is -2.39. The highest BCUT2D eigenvalue weighted by atomic mass is 16.7. The molecule has 0 bridgehead atoms. The first kappa shape index (κ1) is 37.8. The standard InChI is InChI=1S/C32H60O9/c1-4-6-8-10-12-14-16-17-19-21-27(33)38-23-26(24-39-32-31(37)30(36)29(35)25(3)40-32)41-28(34)22-20-18-15-13-11-9-7-5-2/h25-26,29-32,35-37H,4-24H2,1-3H3/t25-,26-,29-,30+,31-,32+/m1/s1. The van der Waals surface area contributed by atoms with Gasteiger partial charge in [-0.3, -0.25) is 9.59 Å². The molecule has 1 heterocycles. The number of carbonyl (C=O) groups is 2. The van der Waals surface area contributed by atoms with E-state index in [2.05, 4.69) is 13.8 Å². The van der Waals surface area contributed by atoms with E-state index in [1.54, 1.807) is 6.92 Å². The van der Waals surface area contributed by atoms with Gasteiger partial charge in [-0.25, -0.2) is 0 Å². The van der Waals surface area contributed by atoms with E-state index in [1.807, 2.05) is 0 Å². The molecule has 0 aliphatic carbocycles. The van der Waals surface area contributed by atoms with E-state index in [-0.39, 0.29) is 25.6 Å². The molecule has 9 nitrogen and oxygen atoms in total. The minimum atomic E-state index is -1.47. The molecule has 0 unspecified atom stereocenters. The van der Waals surface area contributed by atoms with Crippen molar-refractivity contribution in [3.63, 3.8) is 0 Å². The number of hydrogen-bond acceptors (Lipinski definition) is 9. The van der Waals surface area contributed by atoms with Gasteiger partial charge in [0.25, 0.3) is 0 Å². The number of hydrogen-bond donors (Lipinski definition) is 3. The van der Waals surface area contributed by atoms with E-state index in [1.165, 1.54) is 70.6 Å². The Morgan fingerprint density at radius 3 is 1.61 bits per heavy atom. The molecule has 0 radical (unpaired) electrons. The molecule has 6 atom stereocenters. The van der Waals surface area contributed by atoms with Crippen LogP contribution in [0.3, 0.4) is 0 Å². The van der Waals surface area contributed by atoms with Gasteiger partial charge in [0.05, 0.1) is 12.7 Å². The number of ether oxygens (including phenoxy) is 4. The third-order valence-electron chi connectivity index (χ3n) is 7.70. The van der Waals surface area contributed by atoms with Crippen molar-refractivity contribution in [1.29, 1.82) is 0 Å². The molecule has 242 valence electrons. The van der Waals surface area contributed by atoms with Crippen LogP contribution in [0.5, 0.6) is 0 Å². The number of rotatable bonds is 25. The van der Waals surface area contributed by atoms with Crippen LogP contribution in [0.25, 0.3) is 0 Å². The van der Waals surface area contributed by atoms with Gasteiger partial charge in [-0.1, -0.05) is 110 Å². The van der Waals surface area contributed by atoms with Crippen LogP contribution in [-0.4, -0.2) is 77.3 Å². The van der Waals surface area contributed by atoms with Crippen molar-refractivity contribution in [2.45, 2.75) is 180 Å². The molecule has 41 heavy (non-hydrogen) atoms. The lowest BCUT2D eigenvalue weighted by Crippen LogP contribution is -2.57. The molecule has 0 saturated carbocycles. The largest absolute Gasteiger partial charge is 0.462 e. The summed E-state index contributed by atoms with van der Waals surface area (Å²) in [6.07, 6.45) is 12.9. The Bertz CT molecular complexity index is 659. The van der Waals surface area contributed by atoms with Crippen LogP contribution in [0.4, 0.5) is 0 Å². The monoisotopic (exact) mass is 588 g/mol. The third kappa shape index (κ3) is 18.1. The summed E-state index contributed by atoms with van der Waals surface area (Å²) in [6, 6.07) is 0. The van der Waals surface area contributed by atoms with Crippen LogP contribution in [0.2, 0.25) is 0 Å². The van der Waals surface area contributed by atoms with Crippen molar-refractivity contribution in [2.24, 2.45) is 0 Å². The molecule has 1 saturated heterocycles. The summed E-state index contributed by atoms with van der Waals surface area (Å²) in [4.78, 5) is 24.8. The van der Waals surface area contributed by atoms with Crippen molar-refractivity contribution in [2.75, 3.05) is 13.2 Å². The van der Waals surface area contributed by atoms with Crippen LogP contribution in [0.15, 0.2) is 0 Å². The molecule has 0 amide bonds. The topological polar surface area (TPSA) is 132 Å². The maximum atomic E-state index is 12.5. The Morgan fingerprint density at radius 1 is 0.634 bits per heavy atom. The molecule has 3 N–H and O–H groups in total. The highest BCUT2D eigenvalue weighted by Gasteiger charge is 2.42. The summed E-state index contributed by atoms with van der Waals surface area (Å²) >= 11 is 0. The van der Waals surface area contributed by atoms with Gasteiger partial charge in [-0.15, -0.1) is 0 Å². The summed E-state index contributed by atoms with van der Waals surface area (Å²) in [7, 11) is 0. The van der Waals surface area contributed by atoms with E-state index < -0.39 is 42.8 Å². The summed E-state index contributed by atoms with van der Waals surface area (Å²) in [6.45, 7) is 5.62. The molecule has 9 heteroatoms. The Morgan fingerprint density at radius 2 is 1.10 bits per heavy atom. The second-order valence-electron chi connectivity index (χ2n) is 11.6. The predicted molar refractivity (Wildman–Crippen MR) is 158 cm³/mol. The zero-order valence-electron chi connectivity index (χ0n) is 26.1. The summed E-state index contributed by atoms with van der Waals surface area (Å²) in [5.41, 5.74) is 0. The zero-order chi connectivity index (χ0) is 30.3. The fraction of sp³-hybridized carbons (Fsp3) is 0.938. The van der Waals surface area contributed by atoms with Crippen molar-refractivity contribution in [1.82, 2.24) is 0 Å². The van der Waals surface area contributed by atoms with Crippen LogP contribution < -0.4 is 0 Å². The van der Waals surface area contributed by atoms with Gasteiger partial charge in [-0.05, 0) is 19.8 Å². The second kappa shape index (κ2) is 24.2. The highest BCUT2D eigenvalue weighted by molar-refractivity contribution is 5.70. The van der Waals surface area contributed by atoms with Gasteiger partial charge in [0.2, 0.25) is 0 Å². The van der Waals surface area contributed by atoms with Crippen molar-refractivity contribution in [3.8, 4) is 0 Å². The van der Waals surface area contributed by atoms with Crippen molar-refractivity contribution in [3.05, 3.63) is 0 Å². The van der Waals surface area contributed by atoms with E-state index in [9.17, 15) is 24.9 Å². The molecule has 1 aliphatic heterocycles. The molecule has 0 aromatic heterocycles. The number of carbonyl (C=O) groups excluding carboxylic acids is 2. The normalized spacial score (nSPS) is 23.3. The molecular formula is C32H60O9. The first-order chi connectivity index (χ1) is 19.8. The van der Waals surface area contributed by atoms with Crippen LogP contribution >= 0.6 is 0 Å². The maximum absolute atomic E-state index is 12.5. The highest BCUT2D eigenvalue weighted by Crippen LogP contribution is 2.22. The Labute approximate surface area is 248 Å². The van der Waals surface area contributed by atoms with Gasteiger partial charge < -0.3 is 34.3 Å². The minimum absolute atomic E-state index is 0.164. The first-order valence-electron chi connectivity index (χ1n) is 16.5. The van der Waals surface area contributed by atoms with E-state index in [0.717, 1.165) is 38.5 Å². The molecule has 1 fully saturated rings. The van der Waals surface area contributed by atoms with Crippen molar-refractivity contribution >= 4 is 11.9 Å². The smallest absolute Gasteiger partial charge is 0.306 e. The van der Waals surface area contributed by atoms with E-state index >= 15 is 0 Å². The number of esters is 2. The average molecular weight is 589 g/mol. The molecule has 0 aromatic rings. The number of aliphatic hydroxyl groups excluding tert-OH is 3. The molecule has 0 spiro atoms. The summed E-state index contributed by atoms with van der Waals surface area (Å²) in [5.74, 6) is -0.744. The molecular weight excluding hydrogens is 528 g/mol. The Kier molecular flexibility index (Phi) is 22.3. The molecule has 0 aromatic carbocycles. The molecule has 1 rings (SSSR count). The number of unbranched alkanes of at least 4 members (excludes halogenated alkanes) is 15. The Balaban J connectivity index is 2.43. The summed E-state index contributed by atoms with van der Waals surface area (Å²) in [5, 5.41) is 30.2. The van der Waals surface area contributed by atoms with Crippen LogP contribution in [0.1, 0.15) is 143 Å². The van der Waals surface area contributed by atoms with E-state index in [0.29, 0.717) is 6.42 Å². The number of aliphatic hydroxyl groups is 3. The fourth-order valence-corrected chi connectivity index (χ4v) is 4.96. The van der Waals surface area contributed by atoms with Gasteiger partial charge in [-0.2, -0.15) is 0 Å². The minimum Gasteiger partial charge on any atom is -0.462 e. The molecule has 1 aliphatic rings. The van der Waals surface area contributed by atoms with Gasteiger partial charge >= 0.3 is 11.9 Å². The van der Waals surface area contributed by atoms with E-state index in [4.69, 9.17) is 18.9 Å².